The van der Waals surface area contributed by atoms with Crippen LogP contribution in [0.15, 0.2) is 18.2 Å². The first kappa shape index (κ1) is 14.4. The smallest absolute Gasteiger partial charge is 0.141 e. The summed E-state index contributed by atoms with van der Waals surface area (Å²) in [5, 5.41) is 10.3. The Kier molecular flexibility index (Phi) is 4.53. The third-order valence-corrected chi connectivity index (χ3v) is 3.67. The first-order valence-corrected chi connectivity index (χ1v) is 5.92. The fraction of sp³-hybridized carbons (Fsp3) is 0.538. The number of nitrogens with zero attached hydrogens (tertiary/aromatic N) is 1. The van der Waals surface area contributed by atoms with Gasteiger partial charge in [0, 0.05) is 12.0 Å². The van der Waals surface area contributed by atoms with E-state index >= 15 is 0 Å². The zero-order chi connectivity index (χ0) is 13.2. The normalized spacial score (nSPS) is 14.1. The number of hydrogen-bond acceptors (Lipinski definition) is 2. The Morgan fingerprint density at radius 3 is 2.47 bits per heavy atom. The lowest BCUT2D eigenvalue weighted by molar-refractivity contribution is 0.0182. The van der Waals surface area contributed by atoms with Crippen LogP contribution in [0.25, 0.3) is 0 Å². The third kappa shape index (κ3) is 3.41. The number of halogens is 2. The van der Waals surface area contributed by atoms with Crippen LogP contribution in [0.1, 0.15) is 19.4 Å². The minimum atomic E-state index is -0.543. The highest BCUT2D eigenvalue weighted by Crippen LogP contribution is 2.22. The minimum Gasteiger partial charge on any atom is -0.391 e. The van der Waals surface area contributed by atoms with Gasteiger partial charge in [0.15, 0.2) is 0 Å². The Hall–Kier alpha value is -0.640. The van der Waals surface area contributed by atoms with Crippen LogP contribution in [0.2, 0.25) is 5.02 Å². The summed E-state index contributed by atoms with van der Waals surface area (Å²) >= 11 is 5.71. The lowest BCUT2D eigenvalue weighted by Crippen LogP contribution is -2.49. The van der Waals surface area contributed by atoms with Gasteiger partial charge < -0.3 is 10.0 Å². The molecule has 1 aromatic rings. The SMILES string of the molecule is CN(C)C(C)(C)C(O)Cc1ccc(F)c(Cl)c1. The van der Waals surface area contributed by atoms with Crippen molar-refractivity contribution in [3.63, 3.8) is 0 Å². The van der Waals surface area contributed by atoms with Crippen molar-refractivity contribution in [3.8, 4) is 0 Å². The molecular formula is C13H19ClFNO. The van der Waals surface area contributed by atoms with E-state index in [1.54, 1.807) is 12.1 Å². The molecule has 4 heteroatoms. The van der Waals surface area contributed by atoms with E-state index in [2.05, 4.69) is 0 Å². The van der Waals surface area contributed by atoms with Crippen molar-refractivity contribution >= 4 is 11.6 Å². The number of aliphatic hydroxyl groups is 1. The summed E-state index contributed by atoms with van der Waals surface area (Å²) in [6, 6.07) is 4.54. The standard InChI is InChI=1S/C13H19ClFNO/c1-13(2,16(3)4)12(17)8-9-5-6-11(15)10(14)7-9/h5-7,12,17H,8H2,1-4H3. The molecule has 0 fully saturated rings. The van der Waals surface area contributed by atoms with Crippen molar-refractivity contribution in [1.29, 1.82) is 0 Å². The van der Waals surface area contributed by atoms with E-state index in [0.29, 0.717) is 6.42 Å². The van der Waals surface area contributed by atoms with Gasteiger partial charge in [-0.1, -0.05) is 17.7 Å². The van der Waals surface area contributed by atoms with Gasteiger partial charge in [0.25, 0.3) is 0 Å². The largest absolute Gasteiger partial charge is 0.391 e. The van der Waals surface area contributed by atoms with Gasteiger partial charge in [-0.25, -0.2) is 4.39 Å². The summed E-state index contributed by atoms with van der Waals surface area (Å²) in [6.07, 6.45) is -0.0930. The van der Waals surface area contributed by atoms with Crippen LogP contribution >= 0.6 is 11.6 Å². The third-order valence-electron chi connectivity index (χ3n) is 3.38. The van der Waals surface area contributed by atoms with Crippen LogP contribution in [0.3, 0.4) is 0 Å². The summed E-state index contributed by atoms with van der Waals surface area (Å²) < 4.78 is 13.0. The van der Waals surface area contributed by atoms with Crippen LogP contribution in [-0.2, 0) is 6.42 Å². The molecule has 0 aromatic heterocycles. The summed E-state index contributed by atoms with van der Waals surface area (Å²) in [7, 11) is 3.84. The number of aliphatic hydroxyl groups excluding tert-OH is 1. The molecular weight excluding hydrogens is 241 g/mol. The fourth-order valence-corrected chi connectivity index (χ4v) is 1.64. The van der Waals surface area contributed by atoms with Crippen molar-refractivity contribution in [1.82, 2.24) is 4.90 Å². The van der Waals surface area contributed by atoms with Gasteiger partial charge in [-0.2, -0.15) is 0 Å². The van der Waals surface area contributed by atoms with Crippen molar-refractivity contribution in [2.75, 3.05) is 14.1 Å². The van der Waals surface area contributed by atoms with E-state index in [-0.39, 0.29) is 10.6 Å². The molecule has 1 aromatic carbocycles. The lowest BCUT2D eigenvalue weighted by Gasteiger charge is -2.37. The van der Waals surface area contributed by atoms with E-state index in [1.165, 1.54) is 6.07 Å². The Balaban J connectivity index is 2.81. The highest BCUT2D eigenvalue weighted by Gasteiger charge is 2.30. The molecule has 0 aliphatic carbocycles. The van der Waals surface area contributed by atoms with Crippen LogP contribution in [0.5, 0.6) is 0 Å². The van der Waals surface area contributed by atoms with E-state index in [1.807, 2.05) is 32.8 Å². The molecule has 1 N–H and O–H groups in total. The fourth-order valence-electron chi connectivity index (χ4n) is 1.44. The molecule has 0 aliphatic heterocycles. The molecule has 1 unspecified atom stereocenters. The summed E-state index contributed by atoms with van der Waals surface area (Å²) in [5.74, 6) is -0.434. The maximum absolute atomic E-state index is 13.0. The Labute approximate surface area is 107 Å². The van der Waals surface area contributed by atoms with Crippen molar-refractivity contribution < 1.29 is 9.50 Å². The molecule has 0 bridgehead atoms. The molecule has 0 saturated carbocycles. The number of hydrogen-bond donors (Lipinski definition) is 1. The highest BCUT2D eigenvalue weighted by molar-refractivity contribution is 6.30. The zero-order valence-corrected chi connectivity index (χ0v) is 11.4. The van der Waals surface area contributed by atoms with Gasteiger partial charge in [-0.15, -0.1) is 0 Å². The average molecular weight is 260 g/mol. The van der Waals surface area contributed by atoms with Gasteiger partial charge in [-0.3, -0.25) is 0 Å². The van der Waals surface area contributed by atoms with Crippen molar-refractivity contribution in [2.45, 2.75) is 31.9 Å². The minimum absolute atomic E-state index is 0.0948. The monoisotopic (exact) mass is 259 g/mol. The predicted molar refractivity (Wildman–Crippen MR) is 68.9 cm³/mol. The topological polar surface area (TPSA) is 23.5 Å². The van der Waals surface area contributed by atoms with Gasteiger partial charge in [0.1, 0.15) is 5.82 Å². The second-order valence-corrected chi connectivity index (χ2v) is 5.42. The quantitative estimate of drug-likeness (QED) is 0.899. The van der Waals surface area contributed by atoms with Gasteiger partial charge in [0.05, 0.1) is 11.1 Å². The molecule has 96 valence electrons. The highest BCUT2D eigenvalue weighted by atomic mass is 35.5. The molecule has 0 spiro atoms. The lowest BCUT2D eigenvalue weighted by atomic mass is 9.91. The molecule has 1 rings (SSSR count). The summed E-state index contributed by atoms with van der Waals surface area (Å²) in [6.45, 7) is 3.92. The van der Waals surface area contributed by atoms with Gasteiger partial charge >= 0.3 is 0 Å². The Morgan fingerprint density at radius 2 is 2.00 bits per heavy atom. The van der Waals surface area contributed by atoms with Crippen LogP contribution in [-0.4, -0.2) is 35.7 Å². The van der Waals surface area contributed by atoms with Crippen molar-refractivity contribution in [3.05, 3.63) is 34.6 Å². The Bertz CT molecular complexity index is 393. The summed E-state index contributed by atoms with van der Waals surface area (Å²) in [5.41, 5.74) is 0.486. The molecule has 0 radical (unpaired) electrons. The number of likely N-dealkylation sites (N-methyl/N-ethyl adjacent to an activating group) is 1. The molecule has 0 saturated heterocycles. The molecule has 0 aliphatic rings. The molecule has 0 amide bonds. The maximum atomic E-state index is 13.0. The van der Waals surface area contributed by atoms with Gasteiger partial charge in [0.2, 0.25) is 0 Å². The number of benzene rings is 1. The van der Waals surface area contributed by atoms with Crippen molar-refractivity contribution in [2.24, 2.45) is 0 Å². The summed E-state index contributed by atoms with van der Waals surface area (Å²) in [4.78, 5) is 1.96. The molecule has 0 heterocycles. The number of rotatable bonds is 4. The maximum Gasteiger partial charge on any atom is 0.141 e. The van der Waals surface area contributed by atoms with Crippen LogP contribution < -0.4 is 0 Å². The molecule has 2 nitrogen and oxygen atoms in total. The molecule has 17 heavy (non-hydrogen) atoms. The zero-order valence-electron chi connectivity index (χ0n) is 10.7. The second kappa shape index (κ2) is 5.34. The van der Waals surface area contributed by atoms with E-state index < -0.39 is 11.9 Å². The first-order valence-electron chi connectivity index (χ1n) is 5.54. The predicted octanol–water partition coefficient (Wildman–Crippen LogP) is 2.72. The van der Waals surface area contributed by atoms with Crippen LogP contribution in [0.4, 0.5) is 4.39 Å². The van der Waals surface area contributed by atoms with E-state index in [0.717, 1.165) is 5.56 Å². The molecule has 1 atom stereocenters. The van der Waals surface area contributed by atoms with Gasteiger partial charge in [-0.05, 0) is 45.6 Å². The van der Waals surface area contributed by atoms with E-state index in [4.69, 9.17) is 11.6 Å². The second-order valence-electron chi connectivity index (χ2n) is 5.02. The van der Waals surface area contributed by atoms with E-state index in [9.17, 15) is 9.50 Å². The van der Waals surface area contributed by atoms with Crippen LogP contribution in [0, 0.1) is 5.82 Å². The average Bonchev–Trinajstić information content (AvgIpc) is 2.23. The first-order chi connectivity index (χ1) is 7.75. The Morgan fingerprint density at radius 1 is 1.41 bits per heavy atom.